The zero-order valence-corrected chi connectivity index (χ0v) is 34.7. The zero-order valence-electron chi connectivity index (χ0n) is 27.6. The Morgan fingerprint density at radius 1 is 0.550 bits per heavy atom. The first kappa shape index (κ1) is 68.5. The van der Waals surface area contributed by atoms with Crippen LogP contribution < -0.4 is 53.5 Å². The van der Waals surface area contributed by atoms with Crippen molar-refractivity contribution in [1.82, 2.24) is 0 Å². The Morgan fingerprint density at radius 3 is 0.700 bits per heavy atom. The fourth-order valence-corrected chi connectivity index (χ4v) is 2.80. The number of alkyl halides is 2. The third kappa shape index (κ3) is 192. The summed E-state index contributed by atoms with van der Waals surface area (Å²) < 4.78 is 0. The van der Waals surface area contributed by atoms with Crippen LogP contribution in [0.15, 0.2) is 56.0 Å². The summed E-state index contributed by atoms with van der Waals surface area (Å²) in [5.74, 6) is 0. The number of nitrogens with zero attached hydrogens (tertiary/aromatic N) is 1. The maximum Gasteiger partial charge on any atom is 1.00 e. The molecule has 0 saturated carbocycles. The molecule has 0 aliphatic rings. The molecule has 0 rings (SSSR count). The van der Waals surface area contributed by atoms with Crippen molar-refractivity contribution in [1.29, 1.82) is 0 Å². The van der Waals surface area contributed by atoms with Crippen molar-refractivity contribution < 1.29 is 75.9 Å². The second kappa shape index (κ2) is 105. The van der Waals surface area contributed by atoms with Gasteiger partial charge in [0, 0.05) is 22.4 Å². The number of hydrogen-bond donors (Lipinski definition) is 0. The first-order valence-electron chi connectivity index (χ1n) is 14.3. The minimum absolute atomic E-state index is 0. The van der Waals surface area contributed by atoms with E-state index in [0.717, 1.165) is 5.34 Å². The van der Waals surface area contributed by atoms with Crippen molar-refractivity contribution in [3.8, 4) is 0 Å². The molecule has 0 saturated heterocycles. The number of allylic oxidation sites excluding steroid dienone is 4. The summed E-state index contributed by atoms with van der Waals surface area (Å²) in [4.78, 5) is 8.00. The second-order valence-electron chi connectivity index (χ2n) is 8.11. The number of hydrogen-bond acceptors (Lipinski definition) is 3. The van der Waals surface area contributed by atoms with Crippen LogP contribution in [0.25, 0.3) is 0 Å². The van der Waals surface area contributed by atoms with E-state index >= 15 is 0 Å². The van der Waals surface area contributed by atoms with Gasteiger partial charge in [-0.2, -0.15) is 0 Å². The Hall–Kier alpha value is 1.41. The van der Waals surface area contributed by atoms with E-state index in [-0.39, 0.29) is 81.3 Å². The van der Waals surface area contributed by atoms with Crippen LogP contribution in [-0.4, -0.2) is 5.34 Å². The van der Waals surface area contributed by atoms with Gasteiger partial charge in [-0.1, -0.05) is 147 Å². The van der Waals surface area contributed by atoms with Gasteiger partial charge in [0.15, 0.2) is 0 Å². The molecule has 3 nitrogen and oxygen atoms in total. The Bertz CT molecular complexity index is 321. The van der Waals surface area contributed by atoms with Crippen LogP contribution in [0.3, 0.4) is 0 Å². The largest absolute Gasteiger partial charge is 1.00 e. The van der Waals surface area contributed by atoms with Gasteiger partial charge in [0.25, 0.3) is 0 Å². The van der Waals surface area contributed by atoms with E-state index in [4.69, 9.17) is 33.3 Å². The monoisotopic (exact) mass is 823 g/mol. The SMILES string of the molecule is C=CC.C=CC.C=CC.C=CC.CCCCCCCCCCCCCCCCCCC.ClCCl.O=N[O-].[Ag].[I-].[Na+]. The third-order valence-electron chi connectivity index (χ3n) is 4.21. The molecule has 0 aliphatic heterocycles. The van der Waals surface area contributed by atoms with Gasteiger partial charge in [-0.3, -0.25) is 0 Å². The summed E-state index contributed by atoms with van der Waals surface area (Å²) >= 11 is 9.53. The quantitative estimate of drug-likeness (QED) is 0.0301. The van der Waals surface area contributed by atoms with Gasteiger partial charge in [0.1, 0.15) is 0 Å². The molecule has 0 aliphatic carbocycles. The Labute approximate surface area is 318 Å². The molecular weight excluding hydrogens is 759 g/mol. The molecule has 0 unspecified atom stereocenters. The number of halogens is 3. The van der Waals surface area contributed by atoms with Gasteiger partial charge in [0.2, 0.25) is 0 Å². The summed E-state index contributed by atoms with van der Waals surface area (Å²) in [6.07, 6.45) is 31.9. The zero-order chi connectivity index (χ0) is 30.3. The molecule has 0 heterocycles. The molecule has 0 aromatic rings. The number of unbranched alkanes of at least 4 members (excludes halogenated alkanes) is 16. The molecule has 40 heavy (non-hydrogen) atoms. The van der Waals surface area contributed by atoms with Crippen LogP contribution >= 0.6 is 23.2 Å². The van der Waals surface area contributed by atoms with E-state index in [1.165, 1.54) is 109 Å². The van der Waals surface area contributed by atoms with Crippen molar-refractivity contribution in [2.24, 2.45) is 5.34 Å². The van der Waals surface area contributed by atoms with Gasteiger partial charge >= 0.3 is 29.6 Å². The van der Waals surface area contributed by atoms with Gasteiger partial charge in [0.05, 0.1) is 5.34 Å². The van der Waals surface area contributed by atoms with Crippen molar-refractivity contribution in [2.45, 2.75) is 151 Å². The van der Waals surface area contributed by atoms with E-state index in [2.05, 4.69) is 40.2 Å². The van der Waals surface area contributed by atoms with Crippen LogP contribution in [-0.2, 0) is 22.4 Å². The number of rotatable bonds is 16. The van der Waals surface area contributed by atoms with Crippen molar-refractivity contribution in [3.63, 3.8) is 0 Å². The maximum absolute atomic E-state index is 8.00. The summed E-state index contributed by atoms with van der Waals surface area (Å²) in [6.45, 7) is 25.6. The van der Waals surface area contributed by atoms with Gasteiger partial charge in [-0.15, -0.1) is 54.9 Å². The fourth-order valence-electron chi connectivity index (χ4n) is 2.80. The molecule has 8 heteroatoms. The molecule has 0 fully saturated rings. The molecule has 245 valence electrons. The van der Waals surface area contributed by atoms with E-state index in [1.54, 1.807) is 24.3 Å². The van der Waals surface area contributed by atoms with Crippen molar-refractivity contribution in [3.05, 3.63) is 60.7 Å². The Morgan fingerprint density at radius 2 is 0.625 bits per heavy atom. The smallest absolute Gasteiger partial charge is 1.00 e. The van der Waals surface area contributed by atoms with Gasteiger partial charge in [-0.25, -0.2) is 0 Å². The van der Waals surface area contributed by atoms with E-state index < -0.39 is 0 Å². The first-order valence-corrected chi connectivity index (χ1v) is 15.3. The molecule has 0 atom stereocenters. The van der Waals surface area contributed by atoms with Crippen LogP contribution in [0.4, 0.5) is 0 Å². The minimum Gasteiger partial charge on any atom is -1.00 e. The fraction of sp³-hybridized carbons (Fsp3) is 0.750. The molecule has 0 N–H and O–H groups in total. The molecule has 0 aromatic heterocycles. The second-order valence-corrected chi connectivity index (χ2v) is 8.92. The van der Waals surface area contributed by atoms with Gasteiger partial charge in [-0.05, 0) is 27.7 Å². The Kier molecular flexibility index (Phi) is 180. The van der Waals surface area contributed by atoms with Crippen molar-refractivity contribution >= 4 is 23.2 Å². The molecular formula is C32H66AgCl2INNaO2-. The molecule has 0 bridgehead atoms. The molecule has 0 aromatic carbocycles. The standard InChI is InChI=1S/C19H40.4C3H6.CH2Cl2.Ag.HI.HNO2.Na/c1-3-5-7-9-11-13-15-17-19-18-16-14-12-10-8-6-4-2;4*1-3-2;2-1-3;;;2-1-3;/h3-19H2,1-2H3;4*3H,1H2,2H3;1H2;;1H;(H,2,3);/q;;;;;;;;;+1/p-2. The molecule has 1 radical (unpaired) electrons. The van der Waals surface area contributed by atoms with Gasteiger partial charge < -0.3 is 34.1 Å². The average molecular weight is 826 g/mol. The topological polar surface area (TPSA) is 52.5 Å². The molecule has 0 amide bonds. The average Bonchev–Trinajstić information content (AvgIpc) is 2.85. The first-order chi connectivity index (χ1) is 17.9. The minimum atomic E-state index is 0. The third-order valence-corrected chi connectivity index (χ3v) is 4.21. The van der Waals surface area contributed by atoms with Crippen LogP contribution in [0.5, 0.6) is 0 Å². The van der Waals surface area contributed by atoms with E-state index in [1.807, 2.05) is 27.7 Å². The predicted molar refractivity (Wildman–Crippen MR) is 179 cm³/mol. The van der Waals surface area contributed by atoms with E-state index in [9.17, 15) is 0 Å². The summed E-state index contributed by atoms with van der Waals surface area (Å²) in [5.41, 5.74) is 0. The van der Waals surface area contributed by atoms with Crippen LogP contribution in [0.2, 0.25) is 0 Å². The van der Waals surface area contributed by atoms with Crippen LogP contribution in [0.1, 0.15) is 151 Å². The summed E-state index contributed by atoms with van der Waals surface area (Å²) in [5, 5.41) is 9.19. The molecule has 0 spiro atoms. The maximum atomic E-state index is 8.00. The normalized spacial score (nSPS) is 7.30. The van der Waals surface area contributed by atoms with Crippen molar-refractivity contribution in [2.75, 3.05) is 5.34 Å². The van der Waals surface area contributed by atoms with E-state index in [0.29, 0.717) is 0 Å². The summed E-state index contributed by atoms with van der Waals surface area (Å²) in [7, 11) is 0. The Balaban J connectivity index is -0.0000000443. The predicted octanol–water partition coefficient (Wildman–Crippen LogP) is 8.10. The van der Waals surface area contributed by atoms with Crippen LogP contribution in [0, 0.1) is 10.1 Å². The summed E-state index contributed by atoms with van der Waals surface area (Å²) in [6, 6.07) is 0.